The summed E-state index contributed by atoms with van der Waals surface area (Å²) in [6.07, 6.45) is 6.13. The summed E-state index contributed by atoms with van der Waals surface area (Å²) >= 11 is 0. The number of ether oxygens (including phenoxy) is 2. The van der Waals surface area contributed by atoms with Gasteiger partial charge in [-0.25, -0.2) is 0 Å². The molecule has 4 rings (SSSR count). The number of nitrogens with zero attached hydrogens (tertiary/aromatic N) is 1. The van der Waals surface area contributed by atoms with Crippen molar-refractivity contribution in [2.45, 2.75) is 13.1 Å². The maximum absolute atomic E-state index is 6.13. The number of benzene rings is 4. The number of allylic oxidation sites excluding steroid dienone is 1. The minimum Gasteiger partial charge on any atom is -0.497 e. The van der Waals surface area contributed by atoms with Crippen LogP contribution >= 0.6 is 0 Å². The maximum Gasteiger partial charge on any atom is 0.118 e. The second-order valence-corrected chi connectivity index (χ2v) is 8.57. The van der Waals surface area contributed by atoms with Crippen LogP contribution in [0.5, 0.6) is 11.5 Å². The van der Waals surface area contributed by atoms with Crippen LogP contribution in [0.15, 0.2) is 109 Å². The predicted molar refractivity (Wildman–Crippen MR) is 149 cm³/mol. The molecule has 0 aliphatic rings. The molecular formula is C33H31NO2. The Morgan fingerprint density at radius 1 is 0.639 bits per heavy atom. The predicted octanol–water partition coefficient (Wildman–Crippen LogP) is 6.95. The van der Waals surface area contributed by atoms with Crippen LogP contribution in [0.25, 0.3) is 11.1 Å². The number of hydrogen-bond donors (Lipinski definition) is 0. The van der Waals surface area contributed by atoms with E-state index in [4.69, 9.17) is 15.9 Å². The molecule has 0 atom stereocenters. The van der Waals surface area contributed by atoms with Crippen LogP contribution in [0.1, 0.15) is 22.3 Å². The Kier molecular flexibility index (Phi) is 8.59. The van der Waals surface area contributed by atoms with Crippen molar-refractivity contribution in [3.8, 4) is 23.8 Å². The van der Waals surface area contributed by atoms with E-state index in [1.165, 1.54) is 11.1 Å². The zero-order chi connectivity index (χ0) is 25.2. The van der Waals surface area contributed by atoms with Gasteiger partial charge in [0.15, 0.2) is 0 Å². The van der Waals surface area contributed by atoms with Gasteiger partial charge in [0.05, 0.1) is 14.2 Å². The summed E-state index contributed by atoms with van der Waals surface area (Å²) < 4.78 is 10.7. The summed E-state index contributed by atoms with van der Waals surface area (Å²) in [5, 5.41) is 0. The second-order valence-electron chi connectivity index (χ2n) is 8.57. The fourth-order valence-corrected chi connectivity index (χ4v) is 4.27. The molecule has 0 unspecified atom stereocenters. The van der Waals surface area contributed by atoms with E-state index in [0.717, 1.165) is 46.9 Å². The van der Waals surface area contributed by atoms with E-state index in [1.54, 1.807) is 14.2 Å². The first kappa shape index (κ1) is 24.9. The molecule has 3 nitrogen and oxygen atoms in total. The first-order valence-corrected chi connectivity index (χ1v) is 12.0. The summed E-state index contributed by atoms with van der Waals surface area (Å²) in [6, 6.07) is 37.1. The number of rotatable bonds is 10. The SMILES string of the molecule is C#C/C(=C(\CN(Cc1ccc(OC)cc1)Cc1ccc(OC)cc1)c1ccccc1)c1ccccc1. The van der Waals surface area contributed by atoms with E-state index in [-0.39, 0.29) is 0 Å². The summed E-state index contributed by atoms with van der Waals surface area (Å²) in [4.78, 5) is 2.42. The minimum absolute atomic E-state index is 0.691. The minimum atomic E-state index is 0.691. The molecule has 180 valence electrons. The molecule has 36 heavy (non-hydrogen) atoms. The fraction of sp³-hybridized carbons (Fsp3) is 0.152. The van der Waals surface area contributed by atoms with E-state index >= 15 is 0 Å². The van der Waals surface area contributed by atoms with Crippen molar-refractivity contribution < 1.29 is 9.47 Å². The van der Waals surface area contributed by atoms with Gasteiger partial charge in [0, 0.05) is 25.2 Å². The third-order valence-corrected chi connectivity index (χ3v) is 6.14. The van der Waals surface area contributed by atoms with Crippen LogP contribution in [0.3, 0.4) is 0 Å². The number of hydrogen-bond acceptors (Lipinski definition) is 3. The molecule has 0 radical (unpaired) electrons. The molecule has 0 spiro atoms. The van der Waals surface area contributed by atoms with Gasteiger partial charge in [-0.2, -0.15) is 0 Å². The van der Waals surface area contributed by atoms with Gasteiger partial charge in [0.1, 0.15) is 11.5 Å². The Balaban J connectivity index is 1.74. The Bertz CT molecular complexity index is 1250. The Morgan fingerprint density at radius 3 is 1.50 bits per heavy atom. The third kappa shape index (κ3) is 6.44. The molecule has 0 aliphatic carbocycles. The molecule has 0 aromatic heterocycles. The summed E-state index contributed by atoms with van der Waals surface area (Å²) in [7, 11) is 3.37. The molecule has 0 aliphatic heterocycles. The third-order valence-electron chi connectivity index (χ3n) is 6.14. The normalized spacial score (nSPS) is 11.5. The van der Waals surface area contributed by atoms with Crippen LogP contribution in [0.2, 0.25) is 0 Å². The lowest BCUT2D eigenvalue weighted by Gasteiger charge is -2.26. The van der Waals surface area contributed by atoms with Crippen molar-refractivity contribution in [2.24, 2.45) is 0 Å². The first-order valence-electron chi connectivity index (χ1n) is 12.0. The number of terminal acetylenes is 1. The van der Waals surface area contributed by atoms with E-state index in [0.29, 0.717) is 6.54 Å². The number of methoxy groups -OCH3 is 2. The summed E-state index contributed by atoms with van der Waals surface area (Å²) in [5.41, 5.74) is 6.64. The monoisotopic (exact) mass is 473 g/mol. The Hall–Kier alpha value is -4.26. The van der Waals surface area contributed by atoms with Crippen LogP contribution < -0.4 is 9.47 Å². The lowest BCUT2D eigenvalue weighted by Crippen LogP contribution is -2.25. The van der Waals surface area contributed by atoms with Crippen molar-refractivity contribution in [1.82, 2.24) is 4.90 Å². The van der Waals surface area contributed by atoms with Gasteiger partial charge in [-0.15, -0.1) is 6.42 Å². The largest absolute Gasteiger partial charge is 0.497 e. The first-order chi connectivity index (χ1) is 17.7. The fourth-order valence-electron chi connectivity index (χ4n) is 4.27. The van der Waals surface area contributed by atoms with Gasteiger partial charge in [0.25, 0.3) is 0 Å². The molecule has 0 N–H and O–H groups in total. The smallest absolute Gasteiger partial charge is 0.118 e. The lowest BCUT2D eigenvalue weighted by molar-refractivity contribution is 0.290. The van der Waals surface area contributed by atoms with Crippen LogP contribution in [-0.4, -0.2) is 25.7 Å². The van der Waals surface area contributed by atoms with Crippen molar-refractivity contribution in [1.29, 1.82) is 0 Å². The van der Waals surface area contributed by atoms with Gasteiger partial charge in [-0.05, 0) is 52.1 Å². The molecule has 0 fully saturated rings. The molecule has 4 aromatic rings. The maximum atomic E-state index is 6.13. The standard InChI is InChI=1S/C33H31NO2/c1-4-32(28-11-7-5-8-12-28)33(29-13-9-6-10-14-29)25-34(23-26-15-19-30(35-2)20-16-26)24-27-17-21-31(36-3)22-18-27/h1,5-22H,23-25H2,2-3H3/b33-32-. The molecule has 0 saturated heterocycles. The van der Waals surface area contributed by atoms with E-state index in [9.17, 15) is 0 Å². The van der Waals surface area contributed by atoms with Crippen molar-refractivity contribution in [3.63, 3.8) is 0 Å². The highest BCUT2D eigenvalue weighted by Crippen LogP contribution is 2.28. The molecule has 0 amide bonds. The topological polar surface area (TPSA) is 21.7 Å². The Morgan fingerprint density at radius 2 is 1.08 bits per heavy atom. The summed E-state index contributed by atoms with van der Waals surface area (Å²) in [5.74, 6) is 4.70. The molecule has 3 heteroatoms. The van der Waals surface area contributed by atoms with E-state index in [1.807, 2.05) is 48.5 Å². The van der Waals surface area contributed by atoms with Crippen LogP contribution in [0, 0.1) is 12.3 Å². The highest BCUT2D eigenvalue weighted by Gasteiger charge is 2.16. The van der Waals surface area contributed by atoms with Gasteiger partial charge >= 0.3 is 0 Å². The Labute approximate surface area is 214 Å². The highest BCUT2D eigenvalue weighted by atomic mass is 16.5. The van der Waals surface area contributed by atoms with Crippen molar-refractivity contribution >= 4 is 11.1 Å². The quantitative estimate of drug-likeness (QED) is 0.184. The summed E-state index contributed by atoms with van der Waals surface area (Å²) in [6.45, 7) is 2.22. The zero-order valence-corrected chi connectivity index (χ0v) is 20.9. The van der Waals surface area contributed by atoms with Gasteiger partial charge < -0.3 is 9.47 Å². The van der Waals surface area contributed by atoms with E-state index in [2.05, 4.69) is 71.5 Å². The van der Waals surface area contributed by atoms with Crippen LogP contribution in [0.4, 0.5) is 0 Å². The van der Waals surface area contributed by atoms with Gasteiger partial charge in [0.2, 0.25) is 0 Å². The van der Waals surface area contributed by atoms with E-state index < -0.39 is 0 Å². The van der Waals surface area contributed by atoms with Gasteiger partial charge in [-0.3, -0.25) is 4.90 Å². The molecule has 0 heterocycles. The van der Waals surface area contributed by atoms with Crippen LogP contribution in [-0.2, 0) is 13.1 Å². The molecular weight excluding hydrogens is 442 g/mol. The highest BCUT2D eigenvalue weighted by molar-refractivity contribution is 5.98. The molecule has 0 bridgehead atoms. The average molecular weight is 474 g/mol. The average Bonchev–Trinajstić information content (AvgIpc) is 2.94. The van der Waals surface area contributed by atoms with Crippen molar-refractivity contribution in [2.75, 3.05) is 20.8 Å². The molecule has 4 aromatic carbocycles. The lowest BCUT2D eigenvalue weighted by atomic mass is 9.94. The molecule has 0 saturated carbocycles. The van der Waals surface area contributed by atoms with Crippen molar-refractivity contribution in [3.05, 3.63) is 131 Å². The second kappa shape index (κ2) is 12.4. The van der Waals surface area contributed by atoms with Gasteiger partial charge in [-0.1, -0.05) is 90.8 Å². The zero-order valence-electron chi connectivity index (χ0n) is 20.9.